The molecule has 1 amide bonds. The number of nitrogens with zero attached hydrogens (tertiary/aromatic N) is 1. The van der Waals surface area contributed by atoms with Gasteiger partial charge >= 0.3 is 5.97 Å². The first-order valence-electron chi connectivity index (χ1n) is 4.07. The van der Waals surface area contributed by atoms with Crippen LogP contribution in [-0.2, 0) is 14.3 Å². The van der Waals surface area contributed by atoms with Crippen molar-refractivity contribution < 1.29 is 14.3 Å². The molecule has 1 aliphatic rings. The number of carbonyl (C=O) groups is 2. The Kier molecular flexibility index (Phi) is 2.68. The van der Waals surface area contributed by atoms with Gasteiger partial charge in [-0.05, 0) is 6.92 Å². The molecule has 0 aromatic heterocycles. The summed E-state index contributed by atoms with van der Waals surface area (Å²) >= 11 is 0. The Bertz CT molecular complexity index is 196. The number of carbonyl (C=O) groups excluding carboxylic acids is 2. The second kappa shape index (κ2) is 3.56. The zero-order chi connectivity index (χ0) is 9.14. The molecule has 12 heavy (non-hydrogen) atoms. The first kappa shape index (κ1) is 9.03. The molecule has 1 heterocycles. The predicted octanol–water partition coefficient (Wildman–Crippen LogP) is 0.0278. The Morgan fingerprint density at radius 1 is 1.50 bits per heavy atom. The van der Waals surface area contributed by atoms with Gasteiger partial charge in [-0.3, -0.25) is 9.59 Å². The van der Waals surface area contributed by atoms with Crippen LogP contribution in [0.1, 0.15) is 13.8 Å². The Balaban J connectivity index is 2.25. The quantitative estimate of drug-likeness (QED) is 0.550. The van der Waals surface area contributed by atoms with E-state index in [1.54, 1.807) is 11.8 Å². The van der Waals surface area contributed by atoms with Crippen molar-refractivity contribution in [2.45, 2.75) is 13.8 Å². The van der Waals surface area contributed by atoms with Gasteiger partial charge in [-0.1, -0.05) is 0 Å². The molecule has 4 heteroatoms. The zero-order valence-corrected chi connectivity index (χ0v) is 7.37. The molecule has 1 fully saturated rings. The molecular weight excluding hydrogens is 158 g/mol. The van der Waals surface area contributed by atoms with Gasteiger partial charge in [-0.2, -0.15) is 0 Å². The van der Waals surface area contributed by atoms with E-state index in [4.69, 9.17) is 4.74 Å². The van der Waals surface area contributed by atoms with Crippen molar-refractivity contribution in [2.75, 3.05) is 19.7 Å². The molecule has 1 aliphatic heterocycles. The van der Waals surface area contributed by atoms with Crippen LogP contribution in [0.2, 0.25) is 0 Å². The van der Waals surface area contributed by atoms with Crippen molar-refractivity contribution in [3.63, 3.8) is 0 Å². The lowest BCUT2D eigenvalue weighted by Crippen LogP contribution is -2.52. The minimum absolute atomic E-state index is 0.0237. The van der Waals surface area contributed by atoms with E-state index in [0.717, 1.165) is 0 Å². The van der Waals surface area contributed by atoms with Gasteiger partial charge in [0.15, 0.2) is 0 Å². The van der Waals surface area contributed by atoms with E-state index in [1.165, 1.54) is 6.92 Å². The summed E-state index contributed by atoms with van der Waals surface area (Å²) in [6.07, 6.45) is 0. The number of likely N-dealkylation sites (tertiary alicyclic amines) is 1. The van der Waals surface area contributed by atoms with Crippen LogP contribution in [0.25, 0.3) is 0 Å². The number of amides is 1. The van der Waals surface area contributed by atoms with Crippen LogP contribution >= 0.6 is 0 Å². The summed E-state index contributed by atoms with van der Waals surface area (Å²) in [7, 11) is 0. The highest BCUT2D eigenvalue weighted by molar-refractivity contribution is 5.80. The third-order valence-corrected chi connectivity index (χ3v) is 1.95. The van der Waals surface area contributed by atoms with Gasteiger partial charge < -0.3 is 9.64 Å². The Labute approximate surface area is 71.5 Å². The fourth-order valence-electron chi connectivity index (χ4n) is 1.14. The Morgan fingerprint density at radius 3 is 2.50 bits per heavy atom. The average Bonchev–Trinajstić information content (AvgIpc) is 1.82. The molecular formula is C8H13NO3. The Hall–Kier alpha value is -1.06. The summed E-state index contributed by atoms with van der Waals surface area (Å²) in [6.45, 7) is 4.73. The SMILES string of the molecule is CCOC(=O)C1CN(C(C)=O)C1. The monoisotopic (exact) mass is 171 g/mol. The van der Waals surface area contributed by atoms with E-state index in [9.17, 15) is 9.59 Å². The van der Waals surface area contributed by atoms with Crippen LogP contribution in [0.5, 0.6) is 0 Å². The van der Waals surface area contributed by atoms with Crippen molar-refractivity contribution >= 4 is 11.9 Å². The van der Waals surface area contributed by atoms with E-state index in [2.05, 4.69) is 0 Å². The number of esters is 1. The minimum Gasteiger partial charge on any atom is -0.466 e. The molecule has 0 atom stereocenters. The molecule has 1 saturated heterocycles. The second-order valence-corrected chi connectivity index (χ2v) is 2.87. The van der Waals surface area contributed by atoms with Gasteiger partial charge in [0.1, 0.15) is 0 Å². The molecule has 0 aliphatic carbocycles. The van der Waals surface area contributed by atoms with Gasteiger partial charge in [-0.25, -0.2) is 0 Å². The second-order valence-electron chi connectivity index (χ2n) is 2.87. The summed E-state index contributed by atoms with van der Waals surface area (Å²) < 4.78 is 4.80. The first-order valence-corrected chi connectivity index (χ1v) is 4.07. The lowest BCUT2D eigenvalue weighted by molar-refractivity contribution is -0.157. The van der Waals surface area contributed by atoms with Crippen molar-refractivity contribution in [1.29, 1.82) is 0 Å². The molecule has 0 radical (unpaired) electrons. The topological polar surface area (TPSA) is 46.6 Å². The predicted molar refractivity (Wildman–Crippen MR) is 42.4 cm³/mol. The standard InChI is InChI=1S/C8H13NO3/c1-3-12-8(11)7-4-9(5-7)6(2)10/h7H,3-5H2,1-2H3. The molecule has 0 aromatic rings. The third kappa shape index (κ3) is 1.75. The van der Waals surface area contributed by atoms with E-state index in [0.29, 0.717) is 19.7 Å². The normalized spacial score (nSPS) is 17.0. The number of rotatable bonds is 2. The maximum absolute atomic E-state index is 11.0. The maximum atomic E-state index is 11.0. The summed E-state index contributed by atoms with van der Waals surface area (Å²) in [4.78, 5) is 23.4. The first-order chi connectivity index (χ1) is 5.65. The molecule has 0 bridgehead atoms. The van der Waals surface area contributed by atoms with Crippen molar-refractivity contribution in [2.24, 2.45) is 5.92 Å². The van der Waals surface area contributed by atoms with Crippen molar-refractivity contribution in [3.05, 3.63) is 0 Å². The lowest BCUT2D eigenvalue weighted by atomic mass is 10.0. The summed E-state index contributed by atoms with van der Waals surface area (Å²) in [5, 5.41) is 0. The highest BCUT2D eigenvalue weighted by Gasteiger charge is 2.34. The molecule has 4 nitrogen and oxygen atoms in total. The van der Waals surface area contributed by atoms with E-state index in [-0.39, 0.29) is 17.8 Å². The summed E-state index contributed by atoms with van der Waals surface area (Å²) in [6, 6.07) is 0. The molecule has 1 rings (SSSR count). The van der Waals surface area contributed by atoms with Crippen LogP contribution in [0.3, 0.4) is 0 Å². The molecule has 68 valence electrons. The minimum atomic E-state index is -0.185. The fraction of sp³-hybridized carbons (Fsp3) is 0.750. The summed E-state index contributed by atoms with van der Waals surface area (Å²) in [5.74, 6) is -0.251. The zero-order valence-electron chi connectivity index (χ0n) is 7.37. The highest BCUT2D eigenvalue weighted by atomic mass is 16.5. The van der Waals surface area contributed by atoms with E-state index < -0.39 is 0 Å². The molecule has 0 aromatic carbocycles. The highest BCUT2D eigenvalue weighted by Crippen LogP contribution is 2.16. The number of hydrogen-bond donors (Lipinski definition) is 0. The van der Waals surface area contributed by atoms with Crippen LogP contribution in [-0.4, -0.2) is 36.5 Å². The van der Waals surface area contributed by atoms with Gasteiger partial charge in [0.2, 0.25) is 5.91 Å². The van der Waals surface area contributed by atoms with Gasteiger partial charge in [0.25, 0.3) is 0 Å². The van der Waals surface area contributed by atoms with Crippen LogP contribution < -0.4 is 0 Å². The van der Waals surface area contributed by atoms with Crippen LogP contribution in [0.15, 0.2) is 0 Å². The molecule has 0 N–H and O–H groups in total. The fourth-order valence-corrected chi connectivity index (χ4v) is 1.14. The van der Waals surface area contributed by atoms with Gasteiger partial charge in [0.05, 0.1) is 12.5 Å². The number of hydrogen-bond acceptors (Lipinski definition) is 3. The third-order valence-electron chi connectivity index (χ3n) is 1.95. The maximum Gasteiger partial charge on any atom is 0.312 e. The lowest BCUT2D eigenvalue weighted by Gasteiger charge is -2.36. The van der Waals surface area contributed by atoms with Crippen molar-refractivity contribution in [1.82, 2.24) is 4.90 Å². The average molecular weight is 171 g/mol. The van der Waals surface area contributed by atoms with Crippen molar-refractivity contribution in [3.8, 4) is 0 Å². The van der Waals surface area contributed by atoms with Crippen LogP contribution in [0.4, 0.5) is 0 Å². The largest absolute Gasteiger partial charge is 0.466 e. The molecule has 0 unspecified atom stereocenters. The number of ether oxygens (including phenoxy) is 1. The molecule has 0 spiro atoms. The van der Waals surface area contributed by atoms with Gasteiger partial charge in [0, 0.05) is 20.0 Å². The van der Waals surface area contributed by atoms with E-state index in [1.807, 2.05) is 0 Å². The van der Waals surface area contributed by atoms with Gasteiger partial charge in [-0.15, -0.1) is 0 Å². The molecule has 0 saturated carbocycles. The summed E-state index contributed by atoms with van der Waals surface area (Å²) in [5.41, 5.74) is 0. The Morgan fingerprint density at radius 2 is 2.08 bits per heavy atom. The van der Waals surface area contributed by atoms with Crippen LogP contribution in [0, 0.1) is 5.92 Å². The smallest absolute Gasteiger partial charge is 0.312 e. The van der Waals surface area contributed by atoms with E-state index >= 15 is 0 Å².